The number of hydrogen-bond donors (Lipinski definition) is 1. The zero-order valence-electron chi connectivity index (χ0n) is 14.6. The molecule has 3 aromatic rings. The molecule has 1 aliphatic rings. The smallest absolute Gasteiger partial charge is 0.220 e. The summed E-state index contributed by atoms with van der Waals surface area (Å²) in [6.45, 7) is 0. The summed E-state index contributed by atoms with van der Waals surface area (Å²) in [5, 5.41) is 7.00. The third kappa shape index (κ3) is 4.14. The first kappa shape index (κ1) is 17.6. The molecule has 7 nitrogen and oxygen atoms in total. The second-order valence-electron chi connectivity index (χ2n) is 6.46. The fraction of sp³-hybridized carbons (Fsp3) is 0.316. The molecule has 0 saturated carbocycles. The summed E-state index contributed by atoms with van der Waals surface area (Å²) in [5.74, 6) is 1.24. The summed E-state index contributed by atoms with van der Waals surface area (Å²) in [4.78, 5) is 25.6. The Bertz CT molecular complexity index is 944. The number of nitrogens with zero attached hydrogens (tertiary/aromatic N) is 4. The van der Waals surface area contributed by atoms with Gasteiger partial charge in [-0.2, -0.15) is 0 Å². The van der Waals surface area contributed by atoms with Crippen molar-refractivity contribution in [3.63, 3.8) is 0 Å². The molecule has 0 aliphatic heterocycles. The lowest BCUT2D eigenvalue weighted by atomic mass is 9.92. The molecule has 8 heteroatoms. The van der Waals surface area contributed by atoms with Gasteiger partial charge in [0.15, 0.2) is 11.0 Å². The highest BCUT2D eigenvalue weighted by Crippen LogP contribution is 2.29. The average Bonchev–Trinajstić information content (AvgIpc) is 3.12. The third-order valence-corrected chi connectivity index (χ3v) is 4.76. The van der Waals surface area contributed by atoms with E-state index in [4.69, 9.17) is 21.1 Å². The van der Waals surface area contributed by atoms with Crippen LogP contribution in [0.15, 0.2) is 41.3 Å². The number of carbonyl (C=O) groups excluding carboxylic acids is 1. The standard InChI is InChI=1S/C19H18ClN5O2/c20-17-10-13(27-25-17)4-5-18(26)23-15-2-1-3-16-14(15)11-22-19(24-16)12-6-8-21-9-7-12/h6-11,15H,1-5H2,(H,23,26)/t15-/m0/s1. The van der Waals surface area contributed by atoms with E-state index in [1.54, 1.807) is 18.5 Å². The average molecular weight is 384 g/mol. The van der Waals surface area contributed by atoms with Gasteiger partial charge in [0, 0.05) is 54.3 Å². The van der Waals surface area contributed by atoms with E-state index in [1.165, 1.54) is 0 Å². The summed E-state index contributed by atoms with van der Waals surface area (Å²) in [6.07, 6.45) is 8.80. The monoisotopic (exact) mass is 383 g/mol. The number of fused-ring (bicyclic) bond motifs is 1. The van der Waals surface area contributed by atoms with E-state index in [2.05, 4.69) is 20.4 Å². The highest BCUT2D eigenvalue weighted by molar-refractivity contribution is 6.29. The molecule has 0 bridgehead atoms. The second kappa shape index (κ2) is 7.84. The normalized spacial score (nSPS) is 16.0. The summed E-state index contributed by atoms with van der Waals surface area (Å²) in [5.41, 5.74) is 2.93. The van der Waals surface area contributed by atoms with Gasteiger partial charge in [-0.15, -0.1) is 0 Å². The van der Waals surface area contributed by atoms with Gasteiger partial charge in [0.2, 0.25) is 5.91 Å². The molecule has 4 rings (SSSR count). The van der Waals surface area contributed by atoms with Crippen LogP contribution in [0.5, 0.6) is 0 Å². The SMILES string of the molecule is O=C(CCc1cc(Cl)no1)N[C@H]1CCCc2nc(-c3ccncc3)ncc21. The lowest BCUT2D eigenvalue weighted by molar-refractivity contribution is -0.122. The molecule has 0 aromatic carbocycles. The molecule has 0 spiro atoms. The van der Waals surface area contributed by atoms with Crippen LogP contribution in [0.3, 0.4) is 0 Å². The van der Waals surface area contributed by atoms with Gasteiger partial charge >= 0.3 is 0 Å². The van der Waals surface area contributed by atoms with Crippen LogP contribution < -0.4 is 5.32 Å². The Kier molecular flexibility index (Phi) is 5.11. The van der Waals surface area contributed by atoms with Crippen molar-refractivity contribution in [2.45, 2.75) is 38.1 Å². The lowest BCUT2D eigenvalue weighted by Crippen LogP contribution is -2.31. The van der Waals surface area contributed by atoms with Gasteiger partial charge in [-0.05, 0) is 31.4 Å². The molecule has 0 radical (unpaired) electrons. The van der Waals surface area contributed by atoms with Gasteiger partial charge in [-0.1, -0.05) is 16.8 Å². The Labute approximate surface area is 161 Å². The van der Waals surface area contributed by atoms with E-state index in [-0.39, 0.29) is 11.9 Å². The number of aromatic nitrogens is 4. The van der Waals surface area contributed by atoms with Gasteiger partial charge in [0.25, 0.3) is 0 Å². The summed E-state index contributed by atoms with van der Waals surface area (Å²) in [6, 6.07) is 5.34. The van der Waals surface area contributed by atoms with Crippen molar-refractivity contribution in [3.8, 4) is 11.4 Å². The molecular formula is C19H18ClN5O2. The van der Waals surface area contributed by atoms with Crippen molar-refractivity contribution in [3.05, 3.63) is 59.0 Å². The van der Waals surface area contributed by atoms with Gasteiger partial charge in [0.05, 0.1) is 6.04 Å². The minimum Gasteiger partial charge on any atom is -0.360 e. The molecule has 27 heavy (non-hydrogen) atoms. The fourth-order valence-electron chi connectivity index (χ4n) is 3.25. The topological polar surface area (TPSA) is 93.8 Å². The molecule has 1 N–H and O–H groups in total. The Morgan fingerprint density at radius 3 is 2.96 bits per heavy atom. The van der Waals surface area contributed by atoms with Crippen molar-refractivity contribution in [1.29, 1.82) is 0 Å². The van der Waals surface area contributed by atoms with Crippen LogP contribution in [-0.4, -0.2) is 26.0 Å². The molecule has 0 fully saturated rings. The van der Waals surface area contributed by atoms with E-state index in [9.17, 15) is 4.79 Å². The van der Waals surface area contributed by atoms with Crippen LogP contribution >= 0.6 is 11.6 Å². The van der Waals surface area contributed by atoms with E-state index in [0.29, 0.717) is 29.6 Å². The number of rotatable bonds is 5. The minimum absolute atomic E-state index is 0.0430. The van der Waals surface area contributed by atoms with Crippen LogP contribution in [0.2, 0.25) is 5.15 Å². The number of hydrogen-bond acceptors (Lipinski definition) is 6. The van der Waals surface area contributed by atoms with Crippen molar-refractivity contribution < 1.29 is 9.32 Å². The first-order valence-electron chi connectivity index (χ1n) is 8.86. The van der Waals surface area contributed by atoms with Crippen molar-refractivity contribution in [1.82, 2.24) is 25.4 Å². The van der Waals surface area contributed by atoms with E-state index >= 15 is 0 Å². The summed E-state index contributed by atoms with van der Waals surface area (Å²) < 4.78 is 5.03. The number of pyridine rings is 1. The predicted octanol–water partition coefficient (Wildman–Crippen LogP) is 3.31. The van der Waals surface area contributed by atoms with Gasteiger partial charge in [-0.3, -0.25) is 9.78 Å². The second-order valence-corrected chi connectivity index (χ2v) is 6.85. The third-order valence-electron chi connectivity index (χ3n) is 4.58. The first-order chi connectivity index (χ1) is 13.2. The lowest BCUT2D eigenvalue weighted by Gasteiger charge is -2.25. The van der Waals surface area contributed by atoms with Crippen LogP contribution in [0.4, 0.5) is 0 Å². The Balaban J connectivity index is 1.44. The maximum absolute atomic E-state index is 12.3. The molecule has 0 saturated heterocycles. The number of carbonyl (C=O) groups is 1. The number of halogens is 1. The zero-order valence-corrected chi connectivity index (χ0v) is 15.3. The van der Waals surface area contributed by atoms with Crippen molar-refractivity contribution in [2.24, 2.45) is 0 Å². The van der Waals surface area contributed by atoms with Crippen LogP contribution in [-0.2, 0) is 17.6 Å². The quantitative estimate of drug-likeness (QED) is 0.726. The summed E-state index contributed by atoms with van der Waals surface area (Å²) >= 11 is 5.72. The molecule has 3 aromatic heterocycles. The molecule has 3 heterocycles. The molecule has 1 amide bonds. The van der Waals surface area contributed by atoms with E-state index < -0.39 is 0 Å². The minimum atomic E-state index is -0.0638. The molecule has 138 valence electrons. The van der Waals surface area contributed by atoms with Crippen molar-refractivity contribution in [2.75, 3.05) is 0 Å². The Morgan fingerprint density at radius 1 is 1.33 bits per heavy atom. The van der Waals surface area contributed by atoms with Gasteiger partial charge in [0.1, 0.15) is 5.76 Å². The summed E-state index contributed by atoms with van der Waals surface area (Å²) in [7, 11) is 0. The fourth-order valence-corrected chi connectivity index (χ4v) is 3.40. The maximum Gasteiger partial charge on any atom is 0.220 e. The molecule has 1 atom stereocenters. The van der Waals surface area contributed by atoms with Gasteiger partial charge in [-0.25, -0.2) is 9.97 Å². The number of amides is 1. The van der Waals surface area contributed by atoms with Crippen LogP contribution in [0.25, 0.3) is 11.4 Å². The number of aryl methyl sites for hydroxylation is 2. The zero-order chi connectivity index (χ0) is 18.6. The van der Waals surface area contributed by atoms with Crippen molar-refractivity contribution >= 4 is 17.5 Å². The highest BCUT2D eigenvalue weighted by atomic mass is 35.5. The van der Waals surface area contributed by atoms with E-state index in [1.807, 2.05) is 18.3 Å². The highest BCUT2D eigenvalue weighted by Gasteiger charge is 2.24. The van der Waals surface area contributed by atoms with Crippen LogP contribution in [0, 0.1) is 0 Å². The van der Waals surface area contributed by atoms with E-state index in [0.717, 1.165) is 36.1 Å². The van der Waals surface area contributed by atoms with Gasteiger partial charge < -0.3 is 9.84 Å². The molecular weight excluding hydrogens is 366 g/mol. The predicted molar refractivity (Wildman–Crippen MR) is 98.9 cm³/mol. The Hall–Kier alpha value is -2.80. The maximum atomic E-state index is 12.3. The molecule has 0 unspecified atom stereocenters. The Morgan fingerprint density at radius 2 is 2.19 bits per heavy atom. The largest absolute Gasteiger partial charge is 0.360 e. The van der Waals surface area contributed by atoms with Crippen LogP contribution in [0.1, 0.15) is 42.3 Å². The number of nitrogens with one attached hydrogen (secondary N) is 1. The first-order valence-corrected chi connectivity index (χ1v) is 9.23. The molecule has 1 aliphatic carbocycles.